The number of benzene rings is 1. The molecule has 1 aromatic rings. The predicted octanol–water partition coefficient (Wildman–Crippen LogP) is 5.35. The molecule has 0 bridgehead atoms. The summed E-state index contributed by atoms with van der Waals surface area (Å²) in [5.41, 5.74) is 0.964. The number of hydrogen-bond donors (Lipinski definition) is 1. The minimum Gasteiger partial charge on any atom is -0.378 e. The van der Waals surface area contributed by atoms with Crippen molar-refractivity contribution in [2.45, 2.75) is 103 Å². The van der Waals surface area contributed by atoms with Crippen LogP contribution < -0.4 is 4.72 Å². The molecule has 0 radical (unpaired) electrons. The lowest BCUT2D eigenvalue weighted by Crippen LogP contribution is -2.45. The minimum absolute atomic E-state index is 0.0493. The molecule has 0 unspecified atom stereocenters. The van der Waals surface area contributed by atoms with Crippen LogP contribution in [0.5, 0.6) is 0 Å². The Morgan fingerprint density at radius 2 is 1.50 bits per heavy atom. The van der Waals surface area contributed by atoms with Gasteiger partial charge in [-0.3, -0.25) is 0 Å². The highest BCUT2D eigenvalue weighted by atomic mass is 32.2. The maximum Gasteiger partial charge on any atom is 0.279 e. The molecule has 1 aromatic carbocycles. The second-order valence-corrected chi connectivity index (χ2v) is 11.7. The Balaban J connectivity index is 1.50. The number of nitrogens with zero attached hydrogens (tertiary/aromatic N) is 2. The van der Waals surface area contributed by atoms with E-state index >= 15 is 0 Å². The normalized spacial score (nSPS) is 19.2. The van der Waals surface area contributed by atoms with Crippen LogP contribution in [-0.2, 0) is 21.5 Å². The van der Waals surface area contributed by atoms with Gasteiger partial charge in [0, 0.05) is 26.2 Å². The molecule has 0 aromatic heterocycles. The van der Waals surface area contributed by atoms with Gasteiger partial charge in [0.1, 0.15) is 0 Å². The van der Waals surface area contributed by atoms with Crippen LogP contribution in [0.4, 0.5) is 0 Å². The molecular weight excluding hydrogens is 446 g/mol. The number of nitrogens with one attached hydrogen (secondary N) is 1. The lowest BCUT2D eigenvalue weighted by Gasteiger charge is -2.34. The molecule has 34 heavy (non-hydrogen) atoms. The van der Waals surface area contributed by atoms with Crippen molar-refractivity contribution in [3.05, 3.63) is 35.9 Å². The largest absolute Gasteiger partial charge is 0.378 e. The van der Waals surface area contributed by atoms with E-state index in [9.17, 15) is 8.42 Å². The molecule has 2 rings (SSSR count). The second kappa shape index (κ2) is 16.6. The van der Waals surface area contributed by atoms with Gasteiger partial charge in [-0.05, 0) is 70.6 Å². The molecule has 1 saturated carbocycles. The minimum atomic E-state index is -3.48. The number of unbranched alkanes of at least 4 members (excludes halogenated alkanes) is 6. The zero-order valence-electron chi connectivity index (χ0n) is 21.9. The third-order valence-corrected chi connectivity index (χ3v) is 8.59. The Labute approximate surface area is 209 Å². The quantitative estimate of drug-likeness (QED) is 0.279. The second-order valence-electron chi connectivity index (χ2n) is 9.91. The Morgan fingerprint density at radius 1 is 0.882 bits per heavy atom. The van der Waals surface area contributed by atoms with Crippen LogP contribution in [0.2, 0.25) is 0 Å². The van der Waals surface area contributed by atoms with Crippen molar-refractivity contribution in [3.63, 3.8) is 0 Å². The summed E-state index contributed by atoms with van der Waals surface area (Å²) in [6, 6.07) is 9.68. The van der Waals surface area contributed by atoms with Gasteiger partial charge in [-0.15, -0.1) is 0 Å². The molecule has 0 spiro atoms. The average Bonchev–Trinajstić information content (AvgIpc) is 2.85. The topological polar surface area (TPSA) is 61.9 Å². The van der Waals surface area contributed by atoms with E-state index < -0.39 is 10.2 Å². The highest BCUT2D eigenvalue weighted by Crippen LogP contribution is 2.26. The summed E-state index contributed by atoms with van der Waals surface area (Å²) in [5.74, 6) is 0. The van der Waals surface area contributed by atoms with E-state index in [0.29, 0.717) is 6.54 Å². The summed E-state index contributed by atoms with van der Waals surface area (Å²) < 4.78 is 35.7. The van der Waals surface area contributed by atoms with E-state index in [1.807, 2.05) is 30.3 Å². The monoisotopic (exact) mass is 495 g/mol. The molecule has 0 amide bonds. The summed E-state index contributed by atoms with van der Waals surface area (Å²) in [6.45, 7) is 5.86. The molecule has 0 atom stereocenters. The van der Waals surface area contributed by atoms with Crippen molar-refractivity contribution in [1.82, 2.24) is 13.9 Å². The van der Waals surface area contributed by atoms with E-state index in [-0.39, 0.29) is 12.1 Å². The van der Waals surface area contributed by atoms with Crippen LogP contribution in [0.3, 0.4) is 0 Å². The Hall–Kier alpha value is -0.990. The van der Waals surface area contributed by atoms with Gasteiger partial charge in [0.05, 0.1) is 6.10 Å². The summed E-state index contributed by atoms with van der Waals surface area (Å²) in [5, 5.41) is 0. The summed E-state index contributed by atoms with van der Waals surface area (Å²) >= 11 is 0. The molecule has 6 nitrogen and oxygen atoms in total. The van der Waals surface area contributed by atoms with Gasteiger partial charge in [-0.25, -0.2) is 0 Å². The lowest BCUT2D eigenvalue weighted by molar-refractivity contribution is 0.0156. The van der Waals surface area contributed by atoms with Crippen molar-refractivity contribution >= 4 is 10.2 Å². The van der Waals surface area contributed by atoms with Crippen molar-refractivity contribution in [2.24, 2.45) is 0 Å². The van der Waals surface area contributed by atoms with Gasteiger partial charge in [-0.1, -0.05) is 69.4 Å². The number of rotatable bonds is 18. The third-order valence-electron chi connectivity index (χ3n) is 7.02. The smallest absolute Gasteiger partial charge is 0.279 e. The van der Waals surface area contributed by atoms with Crippen LogP contribution >= 0.6 is 0 Å². The van der Waals surface area contributed by atoms with Gasteiger partial charge in [0.15, 0.2) is 0 Å². The van der Waals surface area contributed by atoms with Gasteiger partial charge in [0.25, 0.3) is 10.2 Å². The van der Waals surface area contributed by atoms with Crippen LogP contribution in [0.1, 0.15) is 89.5 Å². The van der Waals surface area contributed by atoms with Crippen LogP contribution in [0, 0.1) is 0 Å². The molecule has 1 aliphatic rings. The first kappa shape index (κ1) is 29.2. The molecule has 7 heteroatoms. The highest BCUT2D eigenvalue weighted by molar-refractivity contribution is 7.87. The third kappa shape index (κ3) is 11.6. The number of ether oxygens (including phenoxy) is 1. The summed E-state index contributed by atoms with van der Waals surface area (Å²) in [6.07, 6.45) is 14.1. The zero-order valence-corrected chi connectivity index (χ0v) is 22.7. The Kier molecular flexibility index (Phi) is 14.3. The first-order valence-corrected chi connectivity index (χ1v) is 14.9. The molecule has 0 aliphatic heterocycles. The zero-order chi connectivity index (χ0) is 24.7. The molecular formula is C27H49N3O3S. The SMILES string of the molecule is CCCCCN(C)CCCCCCCOC1CCC(N(C)S(=O)(=O)NCc2ccccc2)CC1. The van der Waals surface area contributed by atoms with Gasteiger partial charge >= 0.3 is 0 Å². The fourth-order valence-corrected chi connectivity index (χ4v) is 5.81. The highest BCUT2D eigenvalue weighted by Gasteiger charge is 2.30. The maximum absolute atomic E-state index is 12.7. The number of hydrogen-bond acceptors (Lipinski definition) is 4. The fourth-order valence-electron chi connectivity index (χ4n) is 4.65. The van der Waals surface area contributed by atoms with Crippen molar-refractivity contribution < 1.29 is 13.2 Å². The van der Waals surface area contributed by atoms with Gasteiger partial charge in [0.2, 0.25) is 0 Å². The molecule has 1 fully saturated rings. The average molecular weight is 496 g/mol. The molecule has 0 heterocycles. The van der Waals surface area contributed by atoms with E-state index in [0.717, 1.165) is 44.3 Å². The van der Waals surface area contributed by atoms with Crippen LogP contribution in [0.25, 0.3) is 0 Å². The van der Waals surface area contributed by atoms with E-state index in [2.05, 4.69) is 23.6 Å². The van der Waals surface area contributed by atoms with Crippen molar-refractivity contribution in [3.8, 4) is 0 Å². The molecule has 1 N–H and O–H groups in total. The molecule has 196 valence electrons. The van der Waals surface area contributed by atoms with Crippen molar-refractivity contribution in [1.29, 1.82) is 0 Å². The molecule has 1 aliphatic carbocycles. The lowest BCUT2D eigenvalue weighted by atomic mass is 9.93. The maximum atomic E-state index is 12.7. The van der Waals surface area contributed by atoms with E-state index in [1.54, 1.807) is 7.05 Å². The fraction of sp³-hybridized carbons (Fsp3) is 0.778. The van der Waals surface area contributed by atoms with Crippen molar-refractivity contribution in [2.75, 3.05) is 33.8 Å². The van der Waals surface area contributed by atoms with E-state index in [1.165, 1.54) is 62.3 Å². The Bertz CT molecular complexity index is 737. The van der Waals surface area contributed by atoms with Crippen LogP contribution in [0.15, 0.2) is 30.3 Å². The Morgan fingerprint density at radius 3 is 2.18 bits per heavy atom. The summed E-state index contributed by atoms with van der Waals surface area (Å²) in [4.78, 5) is 2.47. The predicted molar refractivity (Wildman–Crippen MR) is 142 cm³/mol. The first-order valence-electron chi connectivity index (χ1n) is 13.5. The van der Waals surface area contributed by atoms with Crippen LogP contribution in [-0.4, -0.2) is 63.6 Å². The van der Waals surface area contributed by atoms with E-state index in [4.69, 9.17) is 4.74 Å². The van der Waals surface area contributed by atoms with Gasteiger partial charge < -0.3 is 9.64 Å². The summed E-state index contributed by atoms with van der Waals surface area (Å²) in [7, 11) is 0.460. The molecule has 0 saturated heterocycles. The first-order chi connectivity index (χ1) is 16.4. The standard InChI is InChI=1S/C27H49N3O3S/c1-4-5-12-21-29(2)22-13-7-6-8-14-23-33-27-19-17-26(18-20-27)30(3)34(31,32)28-24-25-15-10-9-11-16-25/h9-11,15-16,26-28H,4-8,12-14,17-24H2,1-3H3. The van der Waals surface area contributed by atoms with Gasteiger partial charge in [-0.2, -0.15) is 17.4 Å².